The monoisotopic (exact) mass is 257 g/mol. The fraction of sp³-hybridized carbons (Fsp3) is 0. The molecule has 0 bridgehead atoms. The Labute approximate surface area is 106 Å². The van der Waals surface area contributed by atoms with Gasteiger partial charge in [-0.2, -0.15) is 4.98 Å². The van der Waals surface area contributed by atoms with Crippen LogP contribution in [0.4, 0.5) is 4.39 Å². The fourth-order valence-corrected chi connectivity index (χ4v) is 1.60. The Morgan fingerprint density at radius 3 is 2.47 bits per heavy atom. The number of rotatable bonds is 2. The summed E-state index contributed by atoms with van der Waals surface area (Å²) < 4.78 is 17.9. The molecule has 1 aromatic carbocycles. The SMILES string of the molecule is O=c1ccc(-c2noc(-c3ccc(F)cc3)n2)c[nH]1. The van der Waals surface area contributed by atoms with Crippen molar-refractivity contribution in [3.05, 3.63) is 58.8 Å². The Balaban J connectivity index is 1.97. The third kappa shape index (κ3) is 2.28. The van der Waals surface area contributed by atoms with E-state index in [2.05, 4.69) is 15.1 Å². The zero-order valence-electron chi connectivity index (χ0n) is 9.63. The molecule has 0 aliphatic heterocycles. The van der Waals surface area contributed by atoms with Crippen molar-refractivity contribution in [2.45, 2.75) is 0 Å². The molecule has 0 fully saturated rings. The Morgan fingerprint density at radius 1 is 1.05 bits per heavy atom. The van der Waals surface area contributed by atoms with Crippen molar-refractivity contribution in [2.75, 3.05) is 0 Å². The van der Waals surface area contributed by atoms with Crippen LogP contribution in [-0.2, 0) is 0 Å². The lowest BCUT2D eigenvalue weighted by Gasteiger charge is -1.93. The lowest BCUT2D eigenvalue weighted by molar-refractivity contribution is 0.432. The predicted octanol–water partition coefficient (Wildman–Crippen LogP) is 2.23. The van der Waals surface area contributed by atoms with Crippen LogP contribution >= 0.6 is 0 Å². The van der Waals surface area contributed by atoms with Crippen molar-refractivity contribution >= 4 is 0 Å². The molecule has 2 aromatic heterocycles. The van der Waals surface area contributed by atoms with Crippen molar-refractivity contribution in [3.8, 4) is 22.8 Å². The van der Waals surface area contributed by atoms with Gasteiger partial charge in [-0.05, 0) is 30.3 Å². The molecule has 6 heteroatoms. The van der Waals surface area contributed by atoms with Gasteiger partial charge in [-0.15, -0.1) is 0 Å². The lowest BCUT2D eigenvalue weighted by atomic mass is 10.2. The van der Waals surface area contributed by atoms with E-state index >= 15 is 0 Å². The van der Waals surface area contributed by atoms with Gasteiger partial charge in [0.05, 0.1) is 0 Å². The van der Waals surface area contributed by atoms with E-state index in [1.54, 1.807) is 18.2 Å². The number of hydrogen-bond donors (Lipinski definition) is 1. The zero-order valence-corrected chi connectivity index (χ0v) is 9.63. The number of halogens is 1. The van der Waals surface area contributed by atoms with Gasteiger partial charge in [0, 0.05) is 23.4 Å². The van der Waals surface area contributed by atoms with Crippen molar-refractivity contribution in [1.82, 2.24) is 15.1 Å². The van der Waals surface area contributed by atoms with E-state index in [4.69, 9.17) is 4.52 Å². The van der Waals surface area contributed by atoms with E-state index in [9.17, 15) is 9.18 Å². The number of pyridine rings is 1. The van der Waals surface area contributed by atoms with Crippen LogP contribution in [-0.4, -0.2) is 15.1 Å². The summed E-state index contributed by atoms with van der Waals surface area (Å²) in [6.07, 6.45) is 1.50. The highest BCUT2D eigenvalue weighted by molar-refractivity contribution is 5.58. The largest absolute Gasteiger partial charge is 0.334 e. The van der Waals surface area contributed by atoms with Crippen LogP contribution in [0.15, 0.2) is 51.9 Å². The van der Waals surface area contributed by atoms with Crippen LogP contribution < -0.4 is 5.56 Å². The molecule has 94 valence electrons. The van der Waals surface area contributed by atoms with Gasteiger partial charge < -0.3 is 9.51 Å². The van der Waals surface area contributed by atoms with Crippen LogP contribution in [0.5, 0.6) is 0 Å². The zero-order chi connectivity index (χ0) is 13.2. The van der Waals surface area contributed by atoms with Crippen LogP contribution in [0.2, 0.25) is 0 Å². The Hall–Kier alpha value is -2.76. The number of H-pyrrole nitrogens is 1. The molecular weight excluding hydrogens is 249 g/mol. The average Bonchev–Trinajstić information content (AvgIpc) is 2.90. The highest BCUT2D eigenvalue weighted by Crippen LogP contribution is 2.21. The van der Waals surface area contributed by atoms with Crippen molar-refractivity contribution in [2.24, 2.45) is 0 Å². The topological polar surface area (TPSA) is 71.8 Å². The fourth-order valence-electron chi connectivity index (χ4n) is 1.60. The first-order valence-electron chi connectivity index (χ1n) is 5.51. The summed E-state index contributed by atoms with van der Waals surface area (Å²) >= 11 is 0. The van der Waals surface area contributed by atoms with E-state index in [0.29, 0.717) is 22.8 Å². The van der Waals surface area contributed by atoms with Crippen molar-refractivity contribution < 1.29 is 8.91 Å². The summed E-state index contributed by atoms with van der Waals surface area (Å²) in [6, 6.07) is 8.72. The van der Waals surface area contributed by atoms with Gasteiger partial charge in [0.2, 0.25) is 11.4 Å². The summed E-state index contributed by atoms with van der Waals surface area (Å²) in [5.74, 6) is 0.320. The molecule has 5 nitrogen and oxygen atoms in total. The molecular formula is C13H8FN3O2. The minimum Gasteiger partial charge on any atom is -0.334 e. The first kappa shape index (κ1) is 11.3. The molecule has 0 aliphatic carbocycles. The van der Waals surface area contributed by atoms with E-state index < -0.39 is 0 Å². The van der Waals surface area contributed by atoms with Gasteiger partial charge >= 0.3 is 0 Å². The van der Waals surface area contributed by atoms with Gasteiger partial charge in [-0.1, -0.05) is 5.16 Å². The first-order chi connectivity index (χ1) is 9.22. The number of aromatic nitrogens is 3. The van der Waals surface area contributed by atoms with Gasteiger partial charge in [-0.25, -0.2) is 4.39 Å². The van der Waals surface area contributed by atoms with Gasteiger partial charge in [0.25, 0.3) is 5.89 Å². The molecule has 0 amide bonds. The number of nitrogens with one attached hydrogen (secondary N) is 1. The maximum atomic E-state index is 12.8. The van der Waals surface area contributed by atoms with Crippen LogP contribution in [0, 0.1) is 5.82 Å². The minimum absolute atomic E-state index is 0.203. The highest BCUT2D eigenvalue weighted by Gasteiger charge is 2.10. The third-order valence-corrected chi connectivity index (χ3v) is 2.56. The molecule has 0 radical (unpaired) electrons. The normalized spacial score (nSPS) is 10.6. The molecule has 19 heavy (non-hydrogen) atoms. The summed E-state index contributed by atoms with van der Waals surface area (Å²) in [4.78, 5) is 17.7. The molecule has 0 unspecified atom stereocenters. The van der Waals surface area contributed by atoms with Gasteiger partial charge in [0.15, 0.2) is 0 Å². The smallest absolute Gasteiger partial charge is 0.258 e. The van der Waals surface area contributed by atoms with Gasteiger partial charge in [0.1, 0.15) is 5.82 Å². The van der Waals surface area contributed by atoms with Crippen molar-refractivity contribution in [3.63, 3.8) is 0 Å². The number of benzene rings is 1. The molecule has 2 heterocycles. The Bertz CT molecular complexity index is 742. The lowest BCUT2D eigenvalue weighted by Crippen LogP contribution is -2.01. The Kier molecular flexibility index (Phi) is 2.68. The van der Waals surface area contributed by atoms with E-state index in [1.165, 1.54) is 24.4 Å². The second-order valence-corrected chi connectivity index (χ2v) is 3.87. The summed E-state index contributed by atoms with van der Waals surface area (Å²) in [5.41, 5.74) is 1.06. The summed E-state index contributed by atoms with van der Waals surface area (Å²) in [6.45, 7) is 0. The maximum absolute atomic E-state index is 12.8. The molecule has 3 rings (SSSR count). The number of aromatic amines is 1. The molecule has 0 saturated heterocycles. The van der Waals surface area contributed by atoms with E-state index in [0.717, 1.165) is 0 Å². The quantitative estimate of drug-likeness (QED) is 0.764. The first-order valence-corrected chi connectivity index (χ1v) is 5.51. The molecule has 3 aromatic rings. The third-order valence-electron chi connectivity index (χ3n) is 2.56. The minimum atomic E-state index is -0.330. The van der Waals surface area contributed by atoms with Crippen LogP contribution in [0.1, 0.15) is 0 Å². The molecule has 0 atom stereocenters. The maximum Gasteiger partial charge on any atom is 0.258 e. The molecule has 0 spiro atoms. The van der Waals surface area contributed by atoms with Gasteiger partial charge in [-0.3, -0.25) is 4.79 Å². The second-order valence-electron chi connectivity index (χ2n) is 3.87. The van der Waals surface area contributed by atoms with Crippen LogP contribution in [0.3, 0.4) is 0 Å². The van der Waals surface area contributed by atoms with Crippen molar-refractivity contribution in [1.29, 1.82) is 0 Å². The standard InChI is InChI=1S/C13H8FN3O2/c14-10-4-1-8(2-5-10)13-16-12(17-19-13)9-3-6-11(18)15-7-9/h1-7H,(H,15,18). The summed E-state index contributed by atoms with van der Waals surface area (Å²) in [7, 11) is 0. The van der Waals surface area contributed by atoms with Crippen LogP contribution in [0.25, 0.3) is 22.8 Å². The average molecular weight is 257 g/mol. The van der Waals surface area contributed by atoms with E-state index in [-0.39, 0.29) is 11.4 Å². The molecule has 0 saturated carbocycles. The molecule has 1 N–H and O–H groups in total. The second kappa shape index (κ2) is 4.49. The number of nitrogens with zero attached hydrogens (tertiary/aromatic N) is 2. The summed E-state index contributed by atoms with van der Waals surface area (Å²) in [5, 5.41) is 3.81. The predicted molar refractivity (Wildman–Crippen MR) is 65.7 cm³/mol. The number of hydrogen-bond acceptors (Lipinski definition) is 4. The van der Waals surface area contributed by atoms with E-state index in [1.807, 2.05) is 0 Å². The Morgan fingerprint density at radius 2 is 1.79 bits per heavy atom. The highest BCUT2D eigenvalue weighted by atomic mass is 19.1. The molecule has 0 aliphatic rings.